The molecule has 6 heteroatoms. The molecule has 3 aromatic rings. The molecule has 0 saturated heterocycles. The van der Waals surface area contributed by atoms with Crippen LogP contribution in [0.1, 0.15) is 21.7 Å². The molecular weight excluding hydrogens is 456 g/mol. The average molecular weight is 481 g/mol. The predicted octanol–water partition coefficient (Wildman–Crippen LogP) is 4.94. The van der Waals surface area contributed by atoms with Crippen LogP contribution in [0.5, 0.6) is 0 Å². The maximum atomic E-state index is 13.2. The number of furan rings is 1. The van der Waals surface area contributed by atoms with Crippen LogP contribution < -0.4 is 0 Å². The Morgan fingerprint density at radius 2 is 1.81 bits per heavy atom. The van der Waals surface area contributed by atoms with Crippen LogP contribution in [0, 0.1) is 0 Å². The highest BCUT2D eigenvalue weighted by Gasteiger charge is 2.22. The van der Waals surface area contributed by atoms with Gasteiger partial charge >= 0.3 is 0 Å². The predicted molar refractivity (Wildman–Crippen MR) is 125 cm³/mol. The lowest BCUT2D eigenvalue weighted by molar-refractivity contribution is -0.132. The number of rotatable bonds is 10. The lowest BCUT2D eigenvalue weighted by Gasteiger charge is -2.27. The Labute approximate surface area is 191 Å². The average Bonchev–Trinajstić information content (AvgIpc) is 3.29. The van der Waals surface area contributed by atoms with Crippen LogP contribution in [0.4, 0.5) is 0 Å². The Kier molecular flexibility index (Phi) is 8.24. The minimum atomic E-state index is -0.212. The first kappa shape index (κ1) is 22.6. The molecule has 1 heterocycles. The summed E-state index contributed by atoms with van der Waals surface area (Å²) in [5, 5.41) is 0. The number of hydrogen-bond donors (Lipinski definition) is 0. The van der Waals surface area contributed by atoms with E-state index in [-0.39, 0.29) is 24.9 Å². The number of nitrogens with zero attached hydrogens (tertiary/aromatic N) is 2. The van der Waals surface area contributed by atoms with E-state index in [1.807, 2.05) is 42.5 Å². The first-order chi connectivity index (χ1) is 15.1. The lowest BCUT2D eigenvalue weighted by atomic mass is 10.1. The number of benzene rings is 2. The Bertz CT molecular complexity index is 1000. The molecule has 0 aliphatic carbocycles. The van der Waals surface area contributed by atoms with Gasteiger partial charge in [-0.1, -0.05) is 58.4 Å². The molecule has 0 saturated carbocycles. The van der Waals surface area contributed by atoms with Crippen LogP contribution in [0.2, 0.25) is 0 Å². The molecule has 31 heavy (non-hydrogen) atoms. The molecule has 0 radical (unpaired) electrons. The highest BCUT2D eigenvalue weighted by molar-refractivity contribution is 9.10. The second-order valence-electron chi connectivity index (χ2n) is 7.11. The normalized spacial score (nSPS) is 10.5. The Balaban J connectivity index is 1.74. The van der Waals surface area contributed by atoms with Crippen molar-refractivity contribution in [2.45, 2.75) is 13.0 Å². The van der Waals surface area contributed by atoms with E-state index in [0.29, 0.717) is 30.8 Å². The van der Waals surface area contributed by atoms with Crippen molar-refractivity contribution in [3.63, 3.8) is 0 Å². The van der Waals surface area contributed by atoms with Crippen molar-refractivity contribution in [2.75, 3.05) is 19.6 Å². The number of carbonyl (C=O) groups excluding carboxylic acids is 2. The fraction of sp³-hybridized carbons (Fsp3) is 0.200. The van der Waals surface area contributed by atoms with Crippen LogP contribution in [0.3, 0.4) is 0 Å². The van der Waals surface area contributed by atoms with Gasteiger partial charge in [0.05, 0.1) is 12.8 Å². The van der Waals surface area contributed by atoms with Crippen molar-refractivity contribution in [1.29, 1.82) is 0 Å². The third kappa shape index (κ3) is 6.69. The molecule has 5 nitrogen and oxygen atoms in total. The van der Waals surface area contributed by atoms with Gasteiger partial charge in [0.1, 0.15) is 12.3 Å². The van der Waals surface area contributed by atoms with Crippen LogP contribution >= 0.6 is 15.9 Å². The Morgan fingerprint density at radius 3 is 2.48 bits per heavy atom. The monoisotopic (exact) mass is 480 g/mol. The maximum absolute atomic E-state index is 13.2. The van der Waals surface area contributed by atoms with Gasteiger partial charge in [-0.2, -0.15) is 0 Å². The first-order valence-corrected chi connectivity index (χ1v) is 10.9. The van der Waals surface area contributed by atoms with Gasteiger partial charge in [0.15, 0.2) is 0 Å². The summed E-state index contributed by atoms with van der Waals surface area (Å²) in [6.45, 7) is 4.86. The first-order valence-electron chi connectivity index (χ1n) is 10.1. The summed E-state index contributed by atoms with van der Waals surface area (Å²) in [6, 6.07) is 20.8. The van der Waals surface area contributed by atoms with E-state index in [1.54, 1.807) is 41.5 Å². The van der Waals surface area contributed by atoms with Crippen LogP contribution in [0.25, 0.3) is 0 Å². The summed E-state index contributed by atoms with van der Waals surface area (Å²) in [6.07, 6.45) is 3.94. The van der Waals surface area contributed by atoms with Crippen molar-refractivity contribution in [3.05, 3.63) is 107 Å². The molecule has 0 atom stereocenters. The number of amides is 2. The highest BCUT2D eigenvalue weighted by atomic mass is 79.9. The lowest BCUT2D eigenvalue weighted by Crippen LogP contribution is -2.43. The van der Waals surface area contributed by atoms with Crippen molar-refractivity contribution in [1.82, 2.24) is 9.80 Å². The summed E-state index contributed by atoms with van der Waals surface area (Å²) in [7, 11) is 0. The highest BCUT2D eigenvalue weighted by Crippen LogP contribution is 2.15. The maximum Gasteiger partial charge on any atom is 0.254 e. The van der Waals surface area contributed by atoms with E-state index in [9.17, 15) is 9.59 Å². The molecule has 1 aromatic heterocycles. The topological polar surface area (TPSA) is 53.8 Å². The number of carbonyl (C=O) groups is 2. The van der Waals surface area contributed by atoms with Gasteiger partial charge in [-0.3, -0.25) is 9.59 Å². The zero-order valence-electron chi connectivity index (χ0n) is 17.2. The second kappa shape index (κ2) is 11.3. The third-order valence-corrected chi connectivity index (χ3v) is 5.32. The Morgan fingerprint density at radius 1 is 1.00 bits per heavy atom. The molecule has 2 aromatic carbocycles. The van der Waals surface area contributed by atoms with E-state index < -0.39 is 0 Å². The van der Waals surface area contributed by atoms with Gasteiger partial charge in [0.2, 0.25) is 5.91 Å². The minimum absolute atomic E-state index is 0.0349. The molecule has 0 unspecified atom stereocenters. The van der Waals surface area contributed by atoms with Crippen molar-refractivity contribution < 1.29 is 14.0 Å². The molecule has 3 rings (SSSR count). The summed E-state index contributed by atoms with van der Waals surface area (Å²) < 4.78 is 6.26. The summed E-state index contributed by atoms with van der Waals surface area (Å²) in [5.41, 5.74) is 1.67. The number of hydrogen-bond acceptors (Lipinski definition) is 3. The Hall–Kier alpha value is -3.12. The smallest absolute Gasteiger partial charge is 0.254 e. The van der Waals surface area contributed by atoms with Crippen molar-refractivity contribution in [3.8, 4) is 0 Å². The van der Waals surface area contributed by atoms with E-state index in [0.717, 1.165) is 10.0 Å². The molecule has 0 bridgehead atoms. The van der Waals surface area contributed by atoms with E-state index >= 15 is 0 Å². The molecule has 0 N–H and O–H groups in total. The molecule has 160 valence electrons. The molecule has 0 aliphatic rings. The fourth-order valence-electron chi connectivity index (χ4n) is 3.23. The van der Waals surface area contributed by atoms with Gasteiger partial charge in [-0.05, 0) is 42.3 Å². The molecule has 0 spiro atoms. The van der Waals surface area contributed by atoms with Gasteiger partial charge in [-0.15, -0.1) is 6.58 Å². The third-order valence-electron chi connectivity index (χ3n) is 4.83. The van der Waals surface area contributed by atoms with Gasteiger partial charge in [0, 0.05) is 23.1 Å². The molecule has 2 amide bonds. The molecule has 0 aliphatic heterocycles. The van der Waals surface area contributed by atoms with Gasteiger partial charge in [0.25, 0.3) is 5.91 Å². The van der Waals surface area contributed by atoms with Crippen LogP contribution in [0.15, 0.2) is 94.5 Å². The molecular formula is C25H25BrN2O3. The SMILES string of the molecule is C=CCN(CC(=O)N(CCc1ccccc1)Cc1ccco1)C(=O)c1cccc(Br)c1. The van der Waals surface area contributed by atoms with E-state index in [2.05, 4.69) is 22.5 Å². The van der Waals surface area contributed by atoms with Gasteiger partial charge < -0.3 is 14.2 Å². The standard InChI is InChI=1S/C25H25BrN2O3/c1-2-14-28(25(30)21-10-6-11-22(26)17-21)19-24(29)27(18-23-12-7-16-31-23)15-13-20-8-4-3-5-9-20/h2-12,16-17H,1,13-15,18-19H2. The molecule has 0 fully saturated rings. The van der Waals surface area contributed by atoms with E-state index in [1.165, 1.54) is 4.90 Å². The number of halogens is 1. The quantitative estimate of drug-likeness (QED) is 0.386. The van der Waals surface area contributed by atoms with Crippen molar-refractivity contribution in [2.24, 2.45) is 0 Å². The zero-order chi connectivity index (χ0) is 22.1. The largest absolute Gasteiger partial charge is 0.467 e. The minimum Gasteiger partial charge on any atom is -0.467 e. The van der Waals surface area contributed by atoms with Crippen LogP contribution in [-0.2, 0) is 17.8 Å². The fourth-order valence-corrected chi connectivity index (χ4v) is 3.63. The summed E-state index contributed by atoms with van der Waals surface area (Å²) in [4.78, 5) is 29.5. The van der Waals surface area contributed by atoms with Gasteiger partial charge in [-0.25, -0.2) is 0 Å². The summed E-state index contributed by atoms with van der Waals surface area (Å²) in [5.74, 6) is 0.350. The second-order valence-corrected chi connectivity index (χ2v) is 8.03. The van der Waals surface area contributed by atoms with Crippen molar-refractivity contribution >= 4 is 27.7 Å². The van der Waals surface area contributed by atoms with E-state index in [4.69, 9.17) is 4.42 Å². The zero-order valence-corrected chi connectivity index (χ0v) is 18.8. The van der Waals surface area contributed by atoms with Crippen LogP contribution in [-0.4, -0.2) is 41.2 Å². The summed E-state index contributed by atoms with van der Waals surface area (Å²) >= 11 is 3.39.